The molecule has 90 valence electrons. The third-order valence-electron chi connectivity index (χ3n) is 2.34. The third kappa shape index (κ3) is 2.29. The number of benzene rings is 1. The van der Waals surface area contributed by atoms with Gasteiger partial charge in [0.15, 0.2) is 0 Å². The molecule has 0 spiro atoms. The quantitative estimate of drug-likeness (QED) is 0.733. The predicted octanol–water partition coefficient (Wildman–Crippen LogP) is 0.278. The summed E-state index contributed by atoms with van der Waals surface area (Å²) in [7, 11) is -2.07. The van der Waals surface area contributed by atoms with Crippen LogP contribution in [0.2, 0.25) is 0 Å². The van der Waals surface area contributed by atoms with Gasteiger partial charge in [-0.1, -0.05) is 12.1 Å². The highest BCUT2D eigenvalue weighted by Crippen LogP contribution is 2.17. The smallest absolute Gasteiger partial charge is 0.264 e. The molecule has 0 bridgehead atoms. The lowest BCUT2D eigenvalue weighted by Crippen LogP contribution is -2.18. The van der Waals surface area contributed by atoms with Crippen LogP contribution in [0.25, 0.3) is 11.3 Å². The van der Waals surface area contributed by atoms with Crippen LogP contribution in [0.3, 0.4) is 0 Å². The van der Waals surface area contributed by atoms with Gasteiger partial charge in [0.1, 0.15) is 0 Å². The van der Waals surface area contributed by atoms with E-state index in [0.29, 0.717) is 5.69 Å². The van der Waals surface area contributed by atoms with Crippen molar-refractivity contribution in [3.63, 3.8) is 0 Å². The molecule has 1 heterocycles. The second kappa shape index (κ2) is 4.19. The Morgan fingerprint density at radius 3 is 2.24 bits per heavy atom. The molecule has 0 aliphatic heterocycles. The fourth-order valence-corrected chi connectivity index (χ4v) is 2.15. The van der Waals surface area contributed by atoms with Crippen molar-refractivity contribution in [1.29, 1.82) is 0 Å². The molecule has 2 rings (SSSR count). The third-order valence-corrected chi connectivity index (χ3v) is 3.77. The molecule has 0 amide bonds. The summed E-state index contributed by atoms with van der Waals surface area (Å²) < 4.78 is 25.2. The second-order valence-electron chi connectivity index (χ2n) is 3.40. The Balaban J connectivity index is 2.40. The first kappa shape index (κ1) is 11.6. The van der Waals surface area contributed by atoms with Gasteiger partial charge in [-0.15, -0.1) is 0 Å². The van der Waals surface area contributed by atoms with E-state index in [4.69, 9.17) is 0 Å². The van der Waals surface area contributed by atoms with E-state index in [1.807, 2.05) is 0 Å². The number of hydrogen-bond donors (Lipinski definition) is 3. The fraction of sp³-hybridized carbons (Fsp3) is 0.100. The van der Waals surface area contributed by atoms with Gasteiger partial charge in [0.25, 0.3) is 5.56 Å². The molecule has 0 saturated carbocycles. The Kier molecular flexibility index (Phi) is 2.86. The van der Waals surface area contributed by atoms with Gasteiger partial charge < -0.3 is 0 Å². The molecule has 1 aromatic carbocycles. The number of aromatic nitrogens is 2. The molecule has 3 N–H and O–H groups in total. The van der Waals surface area contributed by atoms with Crippen LogP contribution in [0.4, 0.5) is 0 Å². The first-order valence-electron chi connectivity index (χ1n) is 4.84. The fourth-order valence-electron chi connectivity index (χ4n) is 1.42. The maximum Gasteiger partial charge on any atom is 0.264 e. The topological polar surface area (TPSA) is 94.8 Å². The maximum atomic E-state index is 11.5. The van der Waals surface area contributed by atoms with Gasteiger partial charge in [-0.05, 0) is 24.7 Å². The van der Waals surface area contributed by atoms with Crippen molar-refractivity contribution >= 4 is 10.0 Å². The highest BCUT2D eigenvalue weighted by atomic mass is 32.2. The van der Waals surface area contributed by atoms with Gasteiger partial charge in [-0.3, -0.25) is 15.0 Å². The zero-order valence-corrected chi connectivity index (χ0v) is 9.84. The van der Waals surface area contributed by atoms with Crippen molar-refractivity contribution in [1.82, 2.24) is 14.9 Å². The molecule has 0 atom stereocenters. The van der Waals surface area contributed by atoms with Crippen LogP contribution in [-0.2, 0) is 10.0 Å². The van der Waals surface area contributed by atoms with Crippen molar-refractivity contribution in [3.05, 3.63) is 40.7 Å². The monoisotopic (exact) mass is 253 g/mol. The van der Waals surface area contributed by atoms with Crippen LogP contribution in [0.5, 0.6) is 0 Å². The molecule has 0 fully saturated rings. The first-order valence-corrected chi connectivity index (χ1v) is 6.33. The molecular weight excluding hydrogens is 242 g/mol. The average Bonchev–Trinajstić information content (AvgIpc) is 2.76. The van der Waals surface area contributed by atoms with E-state index < -0.39 is 10.0 Å². The molecule has 6 nitrogen and oxygen atoms in total. The normalized spacial score (nSPS) is 11.6. The minimum Gasteiger partial charge on any atom is -0.298 e. The molecular formula is C10H11N3O3S. The summed E-state index contributed by atoms with van der Waals surface area (Å²) in [6, 6.07) is 7.62. The number of nitrogens with one attached hydrogen (secondary N) is 3. The van der Waals surface area contributed by atoms with Gasteiger partial charge in [-0.2, -0.15) is 0 Å². The number of H-pyrrole nitrogens is 2. The zero-order valence-electron chi connectivity index (χ0n) is 9.02. The molecule has 0 unspecified atom stereocenters. The molecule has 0 saturated heterocycles. The Morgan fingerprint density at radius 2 is 1.76 bits per heavy atom. The molecule has 2 aromatic rings. The summed E-state index contributed by atoms with van der Waals surface area (Å²) in [5, 5.41) is 5.10. The van der Waals surface area contributed by atoms with Crippen molar-refractivity contribution in [2.24, 2.45) is 0 Å². The highest BCUT2D eigenvalue weighted by molar-refractivity contribution is 7.89. The Hall–Kier alpha value is -1.86. The lowest BCUT2D eigenvalue weighted by molar-refractivity contribution is 0.588. The van der Waals surface area contributed by atoms with Crippen LogP contribution in [-0.4, -0.2) is 25.7 Å². The summed E-state index contributed by atoms with van der Waals surface area (Å²) in [5.41, 5.74) is 1.12. The summed E-state index contributed by atoms with van der Waals surface area (Å²) >= 11 is 0. The molecule has 1 aromatic heterocycles. The standard InChI is InChI=1S/C10H11N3O3S/c1-11-17(15,16)8-4-2-7(3-5-8)9-6-10(14)13-12-9/h2-6,11H,1H3,(H2,12,13,14). The highest BCUT2D eigenvalue weighted by Gasteiger charge is 2.10. The summed E-state index contributed by atoms with van der Waals surface area (Å²) in [5.74, 6) is 0. The minimum atomic E-state index is -3.42. The summed E-state index contributed by atoms with van der Waals surface area (Å²) in [4.78, 5) is 11.1. The summed E-state index contributed by atoms with van der Waals surface area (Å²) in [6.45, 7) is 0. The molecule has 7 heteroatoms. The molecule has 17 heavy (non-hydrogen) atoms. The van der Waals surface area contributed by atoms with Crippen molar-refractivity contribution in [3.8, 4) is 11.3 Å². The lowest BCUT2D eigenvalue weighted by Gasteiger charge is -2.03. The van der Waals surface area contributed by atoms with Crippen molar-refractivity contribution in [2.45, 2.75) is 4.90 Å². The van der Waals surface area contributed by atoms with E-state index >= 15 is 0 Å². The SMILES string of the molecule is CNS(=O)(=O)c1ccc(-c2cc(=O)[nH][nH]2)cc1. The van der Waals surface area contributed by atoms with Crippen LogP contribution in [0.1, 0.15) is 0 Å². The van der Waals surface area contributed by atoms with Gasteiger partial charge in [0.2, 0.25) is 10.0 Å². The van der Waals surface area contributed by atoms with Crippen LogP contribution >= 0.6 is 0 Å². The molecule has 0 aliphatic carbocycles. The van der Waals surface area contributed by atoms with Crippen LogP contribution in [0.15, 0.2) is 40.0 Å². The van der Waals surface area contributed by atoms with E-state index in [1.165, 1.54) is 25.2 Å². The predicted molar refractivity (Wildman–Crippen MR) is 63.1 cm³/mol. The molecule has 0 radical (unpaired) electrons. The van der Waals surface area contributed by atoms with Gasteiger partial charge in [0, 0.05) is 6.07 Å². The number of sulfonamides is 1. The van der Waals surface area contributed by atoms with E-state index in [9.17, 15) is 13.2 Å². The second-order valence-corrected chi connectivity index (χ2v) is 5.29. The van der Waals surface area contributed by atoms with Crippen LogP contribution in [0, 0.1) is 0 Å². The minimum absolute atomic E-state index is 0.182. The van der Waals surface area contributed by atoms with E-state index in [2.05, 4.69) is 14.9 Å². The van der Waals surface area contributed by atoms with Gasteiger partial charge in [0.05, 0.1) is 10.6 Å². The van der Waals surface area contributed by atoms with Crippen molar-refractivity contribution < 1.29 is 8.42 Å². The van der Waals surface area contributed by atoms with Crippen LogP contribution < -0.4 is 10.3 Å². The Labute approximate surface area is 97.7 Å². The Bertz CT molecular complexity index is 667. The van der Waals surface area contributed by atoms with Crippen molar-refractivity contribution in [2.75, 3.05) is 7.05 Å². The Morgan fingerprint density at radius 1 is 1.12 bits per heavy atom. The number of hydrogen-bond acceptors (Lipinski definition) is 3. The largest absolute Gasteiger partial charge is 0.298 e. The van der Waals surface area contributed by atoms with E-state index in [-0.39, 0.29) is 10.5 Å². The average molecular weight is 253 g/mol. The van der Waals surface area contributed by atoms with E-state index in [1.54, 1.807) is 12.1 Å². The maximum absolute atomic E-state index is 11.5. The zero-order chi connectivity index (χ0) is 12.5. The summed E-state index contributed by atoms with van der Waals surface area (Å²) in [6.07, 6.45) is 0. The number of aromatic amines is 2. The molecule has 0 aliphatic rings. The van der Waals surface area contributed by atoms with E-state index in [0.717, 1.165) is 5.56 Å². The van der Waals surface area contributed by atoms with Gasteiger partial charge in [-0.25, -0.2) is 13.1 Å². The number of rotatable bonds is 3. The lowest BCUT2D eigenvalue weighted by atomic mass is 10.2. The van der Waals surface area contributed by atoms with Gasteiger partial charge >= 0.3 is 0 Å². The first-order chi connectivity index (χ1) is 8.03.